The average Bonchev–Trinajstić information content (AvgIpc) is 2.97. The van der Waals surface area contributed by atoms with Gasteiger partial charge in [0.25, 0.3) is 0 Å². The van der Waals surface area contributed by atoms with Crippen LogP contribution < -0.4 is 4.72 Å². The molecular formula is C10H10N6O3S. The fourth-order valence-electron chi connectivity index (χ4n) is 1.28. The van der Waals surface area contributed by atoms with E-state index >= 15 is 0 Å². The molecule has 9 nitrogen and oxygen atoms in total. The molecule has 0 spiro atoms. The minimum atomic E-state index is -3.75. The molecule has 104 valence electrons. The van der Waals surface area contributed by atoms with Gasteiger partial charge >= 0.3 is 0 Å². The standard InChI is InChI=1S/C10H10N6O3S/c17-3-1-2-8-4-9(6-11-5-8)20(18,19)12-7-10-13-15-16-14-10/h4-6,12,17H,3,7H2,(H,13,14,15,16). The maximum absolute atomic E-state index is 12.0. The van der Waals surface area contributed by atoms with E-state index in [2.05, 4.69) is 42.2 Å². The maximum Gasteiger partial charge on any atom is 0.242 e. The van der Waals surface area contributed by atoms with Gasteiger partial charge in [-0.3, -0.25) is 4.98 Å². The van der Waals surface area contributed by atoms with Gasteiger partial charge < -0.3 is 5.11 Å². The minimum Gasteiger partial charge on any atom is -0.384 e. The summed E-state index contributed by atoms with van der Waals surface area (Å²) in [6.07, 6.45) is 2.60. The number of nitrogens with zero attached hydrogens (tertiary/aromatic N) is 4. The molecule has 0 bridgehead atoms. The topological polar surface area (TPSA) is 134 Å². The van der Waals surface area contributed by atoms with Crippen LogP contribution in [0.1, 0.15) is 11.4 Å². The third kappa shape index (κ3) is 3.58. The molecule has 0 atom stereocenters. The monoisotopic (exact) mass is 294 g/mol. The number of tetrazole rings is 1. The first kappa shape index (κ1) is 14.1. The molecule has 0 aromatic carbocycles. The number of aliphatic hydroxyl groups is 1. The summed E-state index contributed by atoms with van der Waals surface area (Å²) in [6, 6.07) is 1.36. The van der Waals surface area contributed by atoms with E-state index < -0.39 is 10.0 Å². The molecule has 0 radical (unpaired) electrons. The van der Waals surface area contributed by atoms with Crippen LogP contribution in [0.25, 0.3) is 0 Å². The molecule has 0 unspecified atom stereocenters. The summed E-state index contributed by atoms with van der Waals surface area (Å²) in [5.74, 6) is 5.22. The first-order valence-electron chi connectivity index (χ1n) is 5.38. The number of hydrogen-bond acceptors (Lipinski definition) is 7. The van der Waals surface area contributed by atoms with Gasteiger partial charge in [0, 0.05) is 18.0 Å². The Labute approximate surface area is 114 Å². The van der Waals surface area contributed by atoms with Crippen LogP contribution in [0.4, 0.5) is 0 Å². The Kier molecular flexibility index (Phi) is 4.36. The van der Waals surface area contributed by atoms with Crippen LogP contribution >= 0.6 is 0 Å². The zero-order valence-corrected chi connectivity index (χ0v) is 10.9. The number of hydrogen-bond donors (Lipinski definition) is 3. The highest BCUT2D eigenvalue weighted by Crippen LogP contribution is 2.09. The first-order valence-corrected chi connectivity index (χ1v) is 6.87. The molecular weight excluding hydrogens is 284 g/mol. The number of nitrogens with one attached hydrogen (secondary N) is 2. The first-order chi connectivity index (χ1) is 9.62. The summed E-state index contributed by atoms with van der Waals surface area (Å²) >= 11 is 0. The van der Waals surface area contributed by atoms with Gasteiger partial charge in [0.1, 0.15) is 11.5 Å². The smallest absolute Gasteiger partial charge is 0.242 e. The van der Waals surface area contributed by atoms with Gasteiger partial charge in [0.2, 0.25) is 10.0 Å². The largest absolute Gasteiger partial charge is 0.384 e. The van der Waals surface area contributed by atoms with Gasteiger partial charge in [0.05, 0.1) is 6.54 Å². The van der Waals surface area contributed by atoms with Gasteiger partial charge in [-0.05, 0) is 6.07 Å². The van der Waals surface area contributed by atoms with E-state index in [1.54, 1.807) is 0 Å². The predicted molar refractivity (Wildman–Crippen MR) is 66.4 cm³/mol. The molecule has 20 heavy (non-hydrogen) atoms. The number of aromatic amines is 1. The number of aliphatic hydroxyl groups excluding tert-OH is 1. The van der Waals surface area contributed by atoms with E-state index in [1.165, 1.54) is 18.5 Å². The fourth-order valence-corrected chi connectivity index (χ4v) is 2.24. The second-order valence-electron chi connectivity index (χ2n) is 3.52. The van der Waals surface area contributed by atoms with Crippen molar-refractivity contribution in [2.75, 3.05) is 6.61 Å². The van der Waals surface area contributed by atoms with Crippen LogP contribution in [0.2, 0.25) is 0 Å². The van der Waals surface area contributed by atoms with Crippen molar-refractivity contribution in [1.82, 2.24) is 30.3 Å². The molecule has 2 heterocycles. The van der Waals surface area contributed by atoms with Crippen molar-refractivity contribution in [3.63, 3.8) is 0 Å². The molecule has 2 aromatic heterocycles. The van der Waals surface area contributed by atoms with Gasteiger partial charge in [0.15, 0.2) is 5.82 Å². The normalized spacial score (nSPS) is 10.8. The SMILES string of the molecule is O=S(=O)(NCc1nn[nH]n1)c1cncc(C#CCO)c1. The summed E-state index contributed by atoms with van der Waals surface area (Å²) in [6.45, 7) is -0.404. The Bertz CT molecular complexity index is 732. The molecule has 0 saturated heterocycles. The fraction of sp³-hybridized carbons (Fsp3) is 0.200. The predicted octanol–water partition coefficient (Wildman–Crippen LogP) is -1.58. The molecule has 0 amide bonds. The lowest BCUT2D eigenvalue weighted by atomic mass is 10.3. The summed E-state index contributed by atoms with van der Waals surface area (Å²) in [4.78, 5) is 3.76. The zero-order chi connectivity index (χ0) is 14.4. The second-order valence-corrected chi connectivity index (χ2v) is 5.29. The van der Waals surface area contributed by atoms with E-state index in [0.29, 0.717) is 5.56 Å². The van der Waals surface area contributed by atoms with Crippen molar-refractivity contribution in [2.24, 2.45) is 0 Å². The third-order valence-electron chi connectivity index (χ3n) is 2.14. The van der Waals surface area contributed by atoms with Gasteiger partial charge in [-0.2, -0.15) is 5.21 Å². The van der Waals surface area contributed by atoms with Crippen molar-refractivity contribution in [2.45, 2.75) is 11.4 Å². The highest BCUT2D eigenvalue weighted by Gasteiger charge is 2.15. The van der Waals surface area contributed by atoms with E-state index in [1.807, 2.05) is 0 Å². The molecule has 0 aliphatic rings. The Balaban J connectivity index is 2.16. The molecule has 10 heteroatoms. The number of aromatic nitrogens is 5. The van der Waals surface area contributed by atoms with Crippen molar-refractivity contribution in [3.05, 3.63) is 29.8 Å². The number of sulfonamides is 1. The van der Waals surface area contributed by atoms with Crippen LogP contribution in [-0.2, 0) is 16.6 Å². The molecule has 2 rings (SSSR count). The highest BCUT2D eigenvalue weighted by atomic mass is 32.2. The summed E-state index contributed by atoms with van der Waals surface area (Å²) in [5.41, 5.74) is 0.390. The van der Waals surface area contributed by atoms with E-state index in [-0.39, 0.29) is 23.9 Å². The summed E-state index contributed by atoms with van der Waals surface area (Å²) < 4.78 is 26.3. The molecule has 0 fully saturated rings. The van der Waals surface area contributed by atoms with E-state index in [0.717, 1.165) is 0 Å². The molecule has 0 aliphatic heterocycles. The van der Waals surface area contributed by atoms with E-state index in [4.69, 9.17) is 5.11 Å². The maximum atomic E-state index is 12.0. The third-order valence-corrected chi connectivity index (χ3v) is 3.51. The highest BCUT2D eigenvalue weighted by molar-refractivity contribution is 7.89. The van der Waals surface area contributed by atoms with Gasteiger partial charge in [-0.25, -0.2) is 13.1 Å². The van der Waals surface area contributed by atoms with Crippen molar-refractivity contribution in [1.29, 1.82) is 0 Å². The van der Waals surface area contributed by atoms with Crippen molar-refractivity contribution >= 4 is 10.0 Å². The number of pyridine rings is 1. The summed E-state index contributed by atoms with van der Waals surface area (Å²) in [5, 5.41) is 21.4. The molecule has 0 aliphatic carbocycles. The van der Waals surface area contributed by atoms with Crippen molar-refractivity contribution in [3.8, 4) is 11.8 Å². The second kappa shape index (κ2) is 6.20. The lowest BCUT2D eigenvalue weighted by molar-refractivity contribution is 0.350. The zero-order valence-electron chi connectivity index (χ0n) is 10.1. The van der Waals surface area contributed by atoms with Crippen LogP contribution in [-0.4, -0.2) is 45.7 Å². The summed E-state index contributed by atoms with van der Waals surface area (Å²) in [7, 11) is -3.75. The van der Waals surface area contributed by atoms with Crippen molar-refractivity contribution < 1.29 is 13.5 Å². The van der Waals surface area contributed by atoms with Crippen LogP contribution in [0.15, 0.2) is 23.4 Å². The Morgan fingerprint density at radius 1 is 1.40 bits per heavy atom. The Morgan fingerprint density at radius 2 is 2.25 bits per heavy atom. The lowest BCUT2D eigenvalue weighted by Crippen LogP contribution is -2.24. The average molecular weight is 294 g/mol. The molecule has 3 N–H and O–H groups in total. The van der Waals surface area contributed by atoms with Crippen LogP contribution in [0, 0.1) is 11.8 Å². The quantitative estimate of drug-likeness (QED) is 0.579. The van der Waals surface area contributed by atoms with Gasteiger partial charge in [-0.15, -0.1) is 10.2 Å². The number of H-pyrrole nitrogens is 1. The minimum absolute atomic E-state index is 0.0364. The Morgan fingerprint density at radius 3 is 2.95 bits per heavy atom. The van der Waals surface area contributed by atoms with Gasteiger partial charge in [-0.1, -0.05) is 17.1 Å². The molecule has 0 saturated carbocycles. The Hall–Kier alpha value is -2.35. The van der Waals surface area contributed by atoms with Crippen LogP contribution in [0.5, 0.6) is 0 Å². The van der Waals surface area contributed by atoms with Crippen LogP contribution in [0.3, 0.4) is 0 Å². The van der Waals surface area contributed by atoms with E-state index in [9.17, 15) is 8.42 Å². The molecule has 2 aromatic rings. The number of rotatable bonds is 4. The lowest BCUT2D eigenvalue weighted by Gasteiger charge is -2.04.